The molecule has 2 aliphatic rings. The molecule has 2 saturated heterocycles. The second-order valence-electron chi connectivity index (χ2n) is 8.68. The first-order valence-corrected chi connectivity index (χ1v) is 11.9. The highest BCUT2D eigenvalue weighted by Gasteiger charge is 2.55. The van der Waals surface area contributed by atoms with E-state index in [2.05, 4.69) is 4.90 Å². The number of methoxy groups -OCH3 is 1. The van der Waals surface area contributed by atoms with E-state index < -0.39 is 33.9 Å². The van der Waals surface area contributed by atoms with Crippen LogP contribution in [0, 0.1) is 11.6 Å². The third-order valence-corrected chi connectivity index (χ3v) is 8.56. The van der Waals surface area contributed by atoms with Crippen LogP contribution in [0.5, 0.6) is 11.5 Å². The van der Waals surface area contributed by atoms with Crippen molar-refractivity contribution in [2.75, 3.05) is 31.6 Å². The Hall–Kier alpha value is -2.11. The van der Waals surface area contributed by atoms with Crippen LogP contribution in [0.4, 0.5) is 14.5 Å². The number of nitrogens with zero attached hydrogens (tertiary/aromatic N) is 3. The molecule has 7 nitrogen and oxygen atoms in total. The molecule has 1 spiro atoms. The van der Waals surface area contributed by atoms with Crippen molar-refractivity contribution in [1.29, 1.82) is 0 Å². The molecular formula is C22H29F2N3O4S. The van der Waals surface area contributed by atoms with Crippen molar-refractivity contribution in [3.63, 3.8) is 0 Å². The number of hydrogen-bond acceptors (Lipinski definition) is 7. The molecule has 2 heterocycles. The molecule has 4 rings (SSSR count). The summed E-state index contributed by atoms with van der Waals surface area (Å²) in [7, 11) is -0.233. The van der Waals surface area contributed by atoms with Gasteiger partial charge in [-0.2, -0.15) is 4.31 Å². The van der Waals surface area contributed by atoms with Gasteiger partial charge in [0, 0.05) is 32.7 Å². The Balaban J connectivity index is 1.59. The summed E-state index contributed by atoms with van der Waals surface area (Å²) in [6.07, 6.45) is 1.23. The van der Waals surface area contributed by atoms with Gasteiger partial charge in [-0.1, -0.05) is 17.0 Å². The smallest absolute Gasteiger partial charge is 0.194 e. The number of likely N-dealkylation sites (tertiary alicyclic amines) is 1. The molecule has 0 radical (unpaired) electrons. The fourth-order valence-corrected chi connectivity index (χ4v) is 6.84. The normalized spacial score (nSPS) is 27.1. The molecule has 32 heavy (non-hydrogen) atoms. The zero-order valence-electron chi connectivity index (χ0n) is 18.3. The largest absolute Gasteiger partial charge is 0.502 e. The Morgan fingerprint density at radius 3 is 2.62 bits per heavy atom. The van der Waals surface area contributed by atoms with Gasteiger partial charge in [0.25, 0.3) is 0 Å². The predicted molar refractivity (Wildman–Crippen MR) is 121 cm³/mol. The summed E-state index contributed by atoms with van der Waals surface area (Å²) in [5, 5.41) is 9.75. The topological polar surface area (TPSA) is 79.6 Å². The van der Waals surface area contributed by atoms with Crippen molar-refractivity contribution in [3.8, 4) is 11.5 Å². The third-order valence-electron chi connectivity index (χ3n) is 6.51. The van der Waals surface area contributed by atoms with Gasteiger partial charge >= 0.3 is 0 Å². The number of piperidine rings is 1. The average molecular weight is 470 g/mol. The molecule has 2 aromatic rings. The van der Waals surface area contributed by atoms with E-state index >= 15 is 0 Å². The lowest BCUT2D eigenvalue weighted by Crippen LogP contribution is -2.57. The van der Waals surface area contributed by atoms with E-state index in [4.69, 9.17) is 4.74 Å². The number of hydrogen-bond donors (Lipinski definition) is 3. The first-order chi connectivity index (χ1) is 15.1. The summed E-state index contributed by atoms with van der Waals surface area (Å²) >= 11 is 0. The lowest BCUT2D eigenvalue weighted by atomic mass is 9.82. The predicted octanol–water partition coefficient (Wildman–Crippen LogP) is 4.43. The van der Waals surface area contributed by atoms with E-state index in [0.717, 1.165) is 0 Å². The average Bonchev–Trinajstić information content (AvgIpc) is 2.91. The summed E-state index contributed by atoms with van der Waals surface area (Å²) in [4.78, 5) is 2.18. The fraction of sp³-hybridized carbons (Fsp3) is 0.455. The number of likely N-dealkylation sites (N-methyl/N-ethyl adjacent to an activating group) is 1. The van der Waals surface area contributed by atoms with Crippen molar-refractivity contribution < 1.29 is 27.7 Å². The summed E-state index contributed by atoms with van der Waals surface area (Å²) in [6.45, 7) is 3.56. The van der Waals surface area contributed by atoms with Gasteiger partial charge in [0.1, 0.15) is 5.82 Å². The Morgan fingerprint density at radius 2 is 1.97 bits per heavy atom. The van der Waals surface area contributed by atoms with E-state index in [9.17, 15) is 23.0 Å². The number of aromatic hydroxyl groups is 1. The molecule has 0 unspecified atom stereocenters. The highest BCUT2D eigenvalue weighted by Crippen LogP contribution is 2.61. The lowest BCUT2D eigenvalue weighted by Gasteiger charge is -2.51. The molecule has 2 aliphatic heterocycles. The van der Waals surface area contributed by atoms with Gasteiger partial charge in [0.15, 0.2) is 17.3 Å². The van der Waals surface area contributed by atoms with E-state index in [1.54, 1.807) is 33.9 Å². The molecule has 2 atom stereocenters. The highest BCUT2D eigenvalue weighted by atomic mass is 32.3. The minimum atomic E-state index is -3.28. The van der Waals surface area contributed by atoms with Gasteiger partial charge in [-0.05, 0) is 55.7 Å². The monoisotopic (exact) mass is 469 g/mol. The van der Waals surface area contributed by atoms with Gasteiger partial charge in [-0.3, -0.25) is 18.3 Å². The Morgan fingerprint density at radius 1 is 1.22 bits per heavy atom. The maximum absolute atomic E-state index is 14.1. The van der Waals surface area contributed by atoms with Gasteiger partial charge in [-0.25, -0.2) is 8.78 Å². The van der Waals surface area contributed by atoms with E-state index in [1.165, 1.54) is 25.3 Å². The third kappa shape index (κ3) is 3.90. The van der Waals surface area contributed by atoms with Crippen LogP contribution in [0.25, 0.3) is 0 Å². The maximum atomic E-state index is 14.1. The van der Waals surface area contributed by atoms with Crippen molar-refractivity contribution in [1.82, 2.24) is 9.21 Å². The lowest BCUT2D eigenvalue weighted by molar-refractivity contribution is 0.100. The van der Waals surface area contributed by atoms with Gasteiger partial charge in [0.05, 0.1) is 18.3 Å². The molecule has 2 fully saturated rings. The minimum absolute atomic E-state index is 0.0318. The first-order valence-electron chi connectivity index (χ1n) is 10.4. The standard InChI is InChI=1S/C22H29F2N3O4S/c1-15-12-22(7-8-26(15)13-16-9-19(24)21(28)20(10-16)31-3)14-25(2)32(29,30)27(22)18-6-4-5-17(23)11-18/h4-6,9-11,15,28-30H,7-8,12-14H2,1-3H3/t15-,22+/m0/s1. The quantitative estimate of drug-likeness (QED) is 0.611. The number of ether oxygens (including phenoxy) is 1. The van der Waals surface area contributed by atoms with Crippen LogP contribution in [0.1, 0.15) is 25.3 Å². The van der Waals surface area contributed by atoms with E-state index in [-0.39, 0.29) is 11.8 Å². The maximum Gasteiger partial charge on any atom is 0.194 e. The molecule has 0 amide bonds. The first kappa shape index (κ1) is 23.1. The molecule has 2 aromatic carbocycles. The summed E-state index contributed by atoms with van der Waals surface area (Å²) < 4.78 is 58.2. The van der Waals surface area contributed by atoms with Crippen molar-refractivity contribution in [3.05, 3.63) is 53.6 Å². The number of benzene rings is 2. The van der Waals surface area contributed by atoms with Crippen molar-refractivity contribution in [2.24, 2.45) is 0 Å². The highest BCUT2D eigenvalue weighted by molar-refractivity contribution is 8.23. The van der Waals surface area contributed by atoms with Crippen LogP contribution in [0.15, 0.2) is 36.4 Å². The molecule has 10 heteroatoms. The Labute approximate surface area is 188 Å². The summed E-state index contributed by atoms with van der Waals surface area (Å²) in [5.74, 6) is -1.59. The number of phenols is 1. The molecule has 3 N–H and O–H groups in total. The van der Waals surface area contributed by atoms with Gasteiger partial charge in [0.2, 0.25) is 0 Å². The molecule has 0 aliphatic carbocycles. The van der Waals surface area contributed by atoms with Crippen LogP contribution in [-0.2, 0) is 6.54 Å². The SMILES string of the molecule is COc1cc(CN2CC[C@@]3(C[C@@H]2C)CN(C)S(O)(O)N3c2cccc(F)c2)cc(F)c1O. The summed E-state index contributed by atoms with van der Waals surface area (Å²) in [5.41, 5.74) is 0.546. The number of phenolic OH excluding ortho intramolecular Hbond substituents is 1. The van der Waals surface area contributed by atoms with Crippen molar-refractivity contribution in [2.45, 2.75) is 37.9 Å². The van der Waals surface area contributed by atoms with Crippen LogP contribution < -0.4 is 9.04 Å². The number of halogens is 2. The fourth-order valence-electron chi connectivity index (χ4n) is 5.01. The second kappa shape index (κ2) is 8.35. The van der Waals surface area contributed by atoms with Crippen LogP contribution in [0.2, 0.25) is 0 Å². The van der Waals surface area contributed by atoms with E-state index in [1.807, 2.05) is 6.92 Å². The molecular weight excluding hydrogens is 440 g/mol. The van der Waals surface area contributed by atoms with Gasteiger partial charge in [-0.15, -0.1) is 0 Å². The molecule has 0 saturated carbocycles. The zero-order chi connectivity index (χ0) is 23.3. The number of rotatable bonds is 4. The minimum Gasteiger partial charge on any atom is -0.502 e. The molecule has 0 aromatic heterocycles. The van der Waals surface area contributed by atoms with Crippen LogP contribution in [0.3, 0.4) is 0 Å². The Bertz CT molecular complexity index is 1010. The second-order valence-corrected chi connectivity index (χ2v) is 10.6. The zero-order valence-corrected chi connectivity index (χ0v) is 19.1. The van der Waals surface area contributed by atoms with Crippen molar-refractivity contribution >= 4 is 16.6 Å². The van der Waals surface area contributed by atoms with Crippen LogP contribution >= 0.6 is 11.0 Å². The van der Waals surface area contributed by atoms with Crippen LogP contribution in [-0.4, -0.2) is 62.2 Å². The van der Waals surface area contributed by atoms with E-state index in [0.29, 0.717) is 43.7 Å². The molecule has 0 bridgehead atoms. The molecule has 176 valence electrons. The Kier molecular flexibility index (Phi) is 6.01. The summed E-state index contributed by atoms with van der Waals surface area (Å²) in [6, 6.07) is 8.88. The van der Waals surface area contributed by atoms with Gasteiger partial charge < -0.3 is 9.84 Å². The number of anilines is 1.